The molecule has 2 fully saturated rings. The van der Waals surface area contributed by atoms with Gasteiger partial charge in [0.05, 0.1) is 27.2 Å². The number of amides is 1. The lowest BCUT2D eigenvalue weighted by Gasteiger charge is -2.23. The quantitative estimate of drug-likeness (QED) is 0.849. The molecule has 0 radical (unpaired) electrons. The van der Waals surface area contributed by atoms with Crippen LogP contribution in [0.2, 0.25) is 0 Å². The van der Waals surface area contributed by atoms with Crippen LogP contribution in [0, 0.1) is 0 Å². The number of carbonyl (C=O) groups excluding carboxylic acids is 1. The number of H-pyrrole nitrogens is 1. The van der Waals surface area contributed by atoms with E-state index >= 15 is 0 Å². The molecule has 8 heteroatoms. The normalized spacial score (nSPS) is 28.5. The van der Waals surface area contributed by atoms with E-state index in [0.29, 0.717) is 22.5 Å². The van der Waals surface area contributed by atoms with E-state index in [0.717, 1.165) is 18.5 Å². The molecule has 0 spiro atoms. The van der Waals surface area contributed by atoms with Crippen LogP contribution >= 0.6 is 15.9 Å². The number of hydrogen-bond donors (Lipinski definition) is 2. The zero-order valence-corrected chi connectivity index (χ0v) is 13.5. The van der Waals surface area contributed by atoms with Crippen molar-refractivity contribution >= 4 is 31.7 Å². The van der Waals surface area contributed by atoms with E-state index in [1.807, 2.05) is 0 Å². The zero-order chi connectivity index (χ0) is 14.5. The summed E-state index contributed by atoms with van der Waals surface area (Å²) in [5.41, 5.74) is 0.561. The molecule has 2 N–H and O–H groups in total. The fourth-order valence-corrected chi connectivity index (χ4v) is 5.35. The molecule has 110 valence electrons. The Morgan fingerprint density at radius 3 is 2.75 bits per heavy atom. The van der Waals surface area contributed by atoms with Crippen molar-refractivity contribution in [3.05, 3.63) is 15.9 Å². The minimum absolute atomic E-state index is 0.0107. The number of rotatable bonds is 3. The molecule has 1 unspecified atom stereocenters. The largest absolute Gasteiger partial charge is 0.344 e. The first-order chi connectivity index (χ1) is 9.30. The third-order valence-corrected chi connectivity index (χ3v) is 6.56. The van der Waals surface area contributed by atoms with Gasteiger partial charge in [-0.2, -0.15) is 5.10 Å². The van der Waals surface area contributed by atoms with Crippen molar-refractivity contribution in [2.24, 2.45) is 0 Å². The smallest absolute Gasteiger partial charge is 0.273 e. The van der Waals surface area contributed by atoms with Gasteiger partial charge < -0.3 is 5.32 Å². The third-order valence-electron chi connectivity index (χ3n) is 3.85. The van der Waals surface area contributed by atoms with Crippen molar-refractivity contribution in [2.75, 3.05) is 11.5 Å². The number of hydrogen-bond acceptors (Lipinski definition) is 4. The Hall–Kier alpha value is -0.890. The predicted octanol–water partition coefficient (Wildman–Crippen LogP) is 1.36. The molecule has 3 rings (SSSR count). The first-order valence-electron chi connectivity index (χ1n) is 6.56. The van der Waals surface area contributed by atoms with Gasteiger partial charge in [-0.25, -0.2) is 8.42 Å². The van der Waals surface area contributed by atoms with Crippen molar-refractivity contribution < 1.29 is 13.2 Å². The van der Waals surface area contributed by atoms with E-state index in [9.17, 15) is 13.2 Å². The predicted molar refractivity (Wildman–Crippen MR) is 77.4 cm³/mol. The second-order valence-corrected chi connectivity index (χ2v) is 8.91. The molecule has 1 atom stereocenters. The highest BCUT2D eigenvalue weighted by Gasteiger charge is 2.40. The van der Waals surface area contributed by atoms with Crippen LogP contribution in [0.25, 0.3) is 0 Å². The minimum Gasteiger partial charge on any atom is -0.344 e. The Labute approximate surface area is 125 Å². The van der Waals surface area contributed by atoms with Crippen LogP contribution < -0.4 is 5.32 Å². The van der Waals surface area contributed by atoms with Gasteiger partial charge in [0.1, 0.15) is 0 Å². The van der Waals surface area contributed by atoms with E-state index in [2.05, 4.69) is 31.4 Å². The second-order valence-electron chi connectivity index (χ2n) is 5.93. The van der Waals surface area contributed by atoms with E-state index in [4.69, 9.17) is 0 Å². The molecule has 2 aliphatic rings. The van der Waals surface area contributed by atoms with Gasteiger partial charge in [0, 0.05) is 5.92 Å². The molecular weight excluding hydrogens is 346 g/mol. The Morgan fingerprint density at radius 2 is 2.20 bits per heavy atom. The van der Waals surface area contributed by atoms with Crippen LogP contribution in [0.3, 0.4) is 0 Å². The molecule has 1 saturated carbocycles. The molecule has 1 saturated heterocycles. The molecule has 2 heterocycles. The van der Waals surface area contributed by atoms with Gasteiger partial charge >= 0.3 is 0 Å². The number of nitrogens with one attached hydrogen (secondary N) is 2. The molecular formula is C12H16BrN3O3S. The van der Waals surface area contributed by atoms with E-state index in [-0.39, 0.29) is 17.4 Å². The summed E-state index contributed by atoms with van der Waals surface area (Å²) in [4.78, 5) is 12.3. The van der Waals surface area contributed by atoms with Crippen molar-refractivity contribution in [2.45, 2.75) is 37.6 Å². The molecule has 0 aromatic carbocycles. The number of sulfone groups is 1. The Kier molecular flexibility index (Phi) is 3.20. The van der Waals surface area contributed by atoms with Gasteiger partial charge in [0.25, 0.3) is 5.91 Å². The summed E-state index contributed by atoms with van der Waals surface area (Å²) in [6, 6.07) is 0. The van der Waals surface area contributed by atoms with Crippen LogP contribution in [-0.4, -0.2) is 41.6 Å². The molecule has 6 nitrogen and oxygen atoms in total. The van der Waals surface area contributed by atoms with E-state index in [1.165, 1.54) is 0 Å². The van der Waals surface area contributed by atoms with Gasteiger partial charge in [-0.05, 0) is 42.1 Å². The molecule has 1 aromatic rings. The van der Waals surface area contributed by atoms with Gasteiger partial charge in [-0.3, -0.25) is 9.89 Å². The highest BCUT2D eigenvalue weighted by molar-refractivity contribution is 9.10. The molecule has 0 bridgehead atoms. The van der Waals surface area contributed by atoms with Gasteiger partial charge in [-0.1, -0.05) is 0 Å². The average molecular weight is 362 g/mol. The highest BCUT2D eigenvalue weighted by atomic mass is 79.9. The van der Waals surface area contributed by atoms with Crippen molar-refractivity contribution in [1.82, 2.24) is 15.5 Å². The van der Waals surface area contributed by atoms with E-state index < -0.39 is 15.4 Å². The van der Waals surface area contributed by atoms with Crippen LogP contribution in [0.4, 0.5) is 0 Å². The van der Waals surface area contributed by atoms with Gasteiger partial charge in [0.15, 0.2) is 15.5 Å². The Morgan fingerprint density at radius 1 is 1.50 bits per heavy atom. The standard InChI is InChI=1S/C12H16BrN3O3S/c1-12(4-5-20(18,19)6-12)14-11(17)10-8(13)9(15-16-10)7-2-3-7/h7H,2-6H2,1H3,(H,14,17)(H,15,16). The van der Waals surface area contributed by atoms with Crippen LogP contribution in [0.15, 0.2) is 4.47 Å². The van der Waals surface area contributed by atoms with Gasteiger partial charge in [-0.15, -0.1) is 0 Å². The third kappa shape index (κ3) is 2.63. The number of nitrogens with zero attached hydrogens (tertiary/aromatic N) is 1. The fraction of sp³-hybridized carbons (Fsp3) is 0.667. The monoisotopic (exact) mass is 361 g/mol. The topological polar surface area (TPSA) is 91.9 Å². The summed E-state index contributed by atoms with van der Waals surface area (Å²) in [5, 5.41) is 9.76. The van der Waals surface area contributed by atoms with Crippen molar-refractivity contribution in [3.8, 4) is 0 Å². The first kappa shape index (κ1) is 14.1. The molecule has 1 aromatic heterocycles. The molecule has 1 aliphatic heterocycles. The summed E-state index contributed by atoms with van der Waals surface area (Å²) in [7, 11) is -3.04. The number of aromatic amines is 1. The van der Waals surface area contributed by atoms with Crippen LogP contribution in [0.1, 0.15) is 48.3 Å². The molecule has 1 aliphatic carbocycles. The summed E-state index contributed by atoms with van der Waals surface area (Å²) in [6.07, 6.45) is 2.66. The number of halogens is 1. The van der Waals surface area contributed by atoms with Crippen molar-refractivity contribution in [1.29, 1.82) is 0 Å². The Balaban J connectivity index is 1.77. The maximum Gasteiger partial charge on any atom is 0.273 e. The van der Waals surface area contributed by atoms with Gasteiger partial charge in [0.2, 0.25) is 0 Å². The fourth-order valence-electron chi connectivity index (χ4n) is 2.58. The number of carbonyl (C=O) groups is 1. The summed E-state index contributed by atoms with van der Waals surface area (Å²) < 4.78 is 23.8. The Bertz CT molecular complexity index is 665. The minimum atomic E-state index is -3.04. The summed E-state index contributed by atoms with van der Waals surface area (Å²) >= 11 is 3.41. The first-order valence-corrected chi connectivity index (χ1v) is 9.18. The molecule has 20 heavy (non-hydrogen) atoms. The van der Waals surface area contributed by atoms with Crippen molar-refractivity contribution in [3.63, 3.8) is 0 Å². The number of aromatic nitrogens is 2. The zero-order valence-electron chi connectivity index (χ0n) is 11.1. The maximum absolute atomic E-state index is 12.3. The van der Waals surface area contributed by atoms with Crippen LogP contribution in [0.5, 0.6) is 0 Å². The summed E-state index contributed by atoms with van der Waals surface area (Å²) in [6.45, 7) is 1.76. The SMILES string of the molecule is CC1(NC(=O)c2n[nH]c(C3CC3)c2Br)CCS(=O)(=O)C1. The average Bonchev–Trinajstić information content (AvgIpc) is 3.03. The molecule has 1 amide bonds. The lowest BCUT2D eigenvalue weighted by molar-refractivity contribution is 0.0909. The van der Waals surface area contributed by atoms with Crippen LogP contribution in [-0.2, 0) is 9.84 Å². The maximum atomic E-state index is 12.3. The summed E-state index contributed by atoms with van der Waals surface area (Å²) in [5.74, 6) is 0.239. The lowest BCUT2D eigenvalue weighted by Crippen LogP contribution is -2.47. The lowest BCUT2D eigenvalue weighted by atomic mass is 10.0. The second kappa shape index (κ2) is 4.56. The highest BCUT2D eigenvalue weighted by Crippen LogP contribution is 2.42. The van der Waals surface area contributed by atoms with E-state index in [1.54, 1.807) is 6.92 Å².